The molecule has 7 rings (SSSR count). The van der Waals surface area contributed by atoms with Crippen LogP contribution in [0.15, 0.2) is 30.4 Å². The second-order valence-electron chi connectivity index (χ2n) is 17.7. The number of nitrogens with zero attached hydrogens (tertiary/aromatic N) is 2. The van der Waals surface area contributed by atoms with Crippen LogP contribution in [0.4, 0.5) is 18.0 Å². The summed E-state index contributed by atoms with van der Waals surface area (Å²) < 4.78 is 81.2. The van der Waals surface area contributed by atoms with Gasteiger partial charge in [0.1, 0.15) is 28.7 Å². The second-order valence-corrected chi connectivity index (χ2v) is 19.9. The van der Waals surface area contributed by atoms with Crippen LogP contribution in [0.2, 0.25) is 0 Å². The summed E-state index contributed by atoms with van der Waals surface area (Å²) in [4.78, 5) is 61.4. The van der Waals surface area contributed by atoms with Crippen LogP contribution in [0.1, 0.15) is 102 Å². The number of hydrogen-bond acceptors (Lipinski definition) is 10. The Kier molecular flexibility index (Phi) is 10.9. The average molecular weight is 832 g/mol. The first-order valence-electron chi connectivity index (χ1n) is 20.1. The van der Waals surface area contributed by atoms with Gasteiger partial charge in [-0.2, -0.15) is 13.2 Å². The highest BCUT2D eigenvalue weighted by Gasteiger charge is 2.63. The molecule has 2 aromatic rings. The zero-order valence-electron chi connectivity index (χ0n) is 33.3. The summed E-state index contributed by atoms with van der Waals surface area (Å²) in [6.45, 7) is 7.11. The zero-order valence-corrected chi connectivity index (χ0v) is 34.1. The van der Waals surface area contributed by atoms with Gasteiger partial charge >= 0.3 is 12.3 Å². The van der Waals surface area contributed by atoms with Crippen molar-refractivity contribution in [1.82, 2.24) is 25.2 Å². The number of alkyl halides is 3. The number of pyridine rings is 1. The maximum atomic E-state index is 14.7. The van der Waals surface area contributed by atoms with E-state index >= 15 is 0 Å². The monoisotopic (exact) mass is 831 g/mol. The molecule has 4 heterocycles. The van der Waals surface area contributed by atoms with Crippen molar-refractivity contribution in [3.63, 3.8) is 0 Å². The van der Waals surface area contributed by atoms with E-state index in [0.717, 1.165) is 18.6 Å². The molecule has 5 atom stereocenters. The Morgan fingerprint density at radius 3 is 2.57 bits per heavy atom. The van der Waals surface area contributed by atoms with E-state index in [2.05, 4.69) is 20.3 Å². The molecule has 316 valence electrons. The minimum absolute atomic E-state index is 0.0322. The lowest BCUT2D eigenvalue weighted by molar-refractivity contribution is -0.137. The number of fused-ring (bicyclic) bond motifs is 5. The van der Waals surface area contributed by atoms with Gasteiger partial charge in [-0.15, -0.1) is 0 Å². The molecule has 1 aromatic heterocycles. The molecule has 3 fully saturated rings. The summed E-state index contributed by atoms with van der Waals surface area (Å²) in [6.07, 6.45) is 3.60. The first kappa shape index (κ1) is 41.9. The number of amides is 3. The molecule has 1 spiro atoms. The van der Waals surface area contributed by atoms with Gasteiger partial charge in [0.2, 0.25) is 15.9 Å². The number of alkyl carbamates (subject to hydrolysis) is 1. The summed E-state index contributed by atoms with van der Waals surface area (Å²) in [5.41, 5.74) is -3.53. The number of aromatic nitrogens is 1. The van der Waals surface area contributed by atoms with Crippen LogP contribution in [0.5, 0.6) is 5.75 Å². The van der Waals surface area contributed by atoms with Gasteiger partial charge in [0, 0.05) is 36.4 Å². The van der Waals surface area contributed by atoms with Crippen molar-refractivity contribution in [1.29, 1.82) is 0 Å². The number of sulfonamides is 1. The Morgan fingerprint density at radius 2 is 1.88 bits per heavy atom. The second kappa shape index (κ2) is 15.1. The van der Waals surface area contributed by atoms with E-state index in [-0.39, 0.29) is 44.9 Å². The number of ether oxygens (including phenoxy) is 2. The number of hydrogen-bond donors (Lipinski definition) is 3. The lowest BCUT2D eigenvalue weighted by Gasteiger charge is -2.38. The molecule has 13 nitrogen and oxygen atoms in total. The van der Waals surface area contributed by atoms with Crippen molar-refractivity contribution in [2.75, 3.05) is 19.7 Å². The molecule has 17 heteroatoms. The number of benzene rings is 1. The standard InChI is InChI=1S/C41H52F3N5O8S/c1-25(2)21-56-36(53)47-38(24-50)14-9-7-5-6-8-10-28-19-40(28,35(52)48-58(54,55)37(4)16-17-37)46-34(51)32-20-39(23-49(32)22-38)15-13-29-30-18-27(41(42,43)44)11-12-31(30)45-26(3)33(29)57-39/h8,10-12,18,24-25,28,32H,5-7,9,13-17,19-23H2,1-4H3,(H,46,51)(H,47,53)(H,48,52)/b10-8-/t28-,32+,38-,39-,40-/m1/s1. The van der Waals surface area contributed by atoms with Crippen LogP contribution in [0.3, 0.4) is 0 Å². The van der Waals surface area contributed by atoms with Gasteiger partial charge in [-0.25, -0.2) is 18.2 Å². The van der Waals surface area contributed by atoms with Crippen molar-refractivity contribution >= 4 is 45.1 Å². The molecule has 5 aliphatic rings. The zero-order chi connectivity index (χ0) is 41.9. The minimum atomic E-state index is -4.57. The van der Waals surface area contributed by atoms with Crippen LogP contribution in [0, 0.1) is 18.8 Å². The molecule has 0 unspecified atom stereocenters. The van der Waals surface area contributed by atoms with Crippen molar-refractivity contribution in [3.8, 4) is 5.75 Å². The molecular formula is C41H52F3N5O8S. The van der Waals surface area contributed by atoms with Crippen molar-refractivity contribution in [2.45, 2.75) is 132 Å². The van der Waals surface area contributed by atoms with Crippen molar-refractivity contribution < 1.29 is 50.2 Å². The quantitative estimate of drug-likeness (QED) is 0.242. The predicted octanol–water partition coefficient (Wildman–Crippen LogP) is 5.41. The van der Waals surface area contributed by atoms with Crippen molar-refractivity contribution in [3.05, 3.63) is 47.2 Å². The van der Waals surface area contributed by atoms with Crippen LogP contribution in [-0.2, 0) is 41.7 Å². The lowest BCUT2D eigenvalue weighted by Crippen LogP contribution is -2.61. The summed E-state index contributed by atoms with van der Waals surface area (Å²) >= 11 is 0. The van der Waals surface area contributed by atoms with E-state index in [9.17, 15) is 40.8 Å². The molecule has 0 bridgehead atoms. The molecule has 0 radical (unpaired) electrons. The first-order chi connectivity index (χ1) is 27.2. The largest absolute Gasteiger partial charge is 0.484 e. The SMILES string of the molecule is Cc1nc2ccc(C(F)(F)F)cc2c2c1O[C@]1(CC2)C[C@H]2C(=O)N[C@]3(C(=O)NS(=O)(=O)C4(C)CC4)C[C@H]3/C=C\CCCCC[C@@](C=O)(NC(=O)OCC(C)C)CN2C1. The third-order valence-electron chi connectivity index (χ3n) is 12.6. The van der Waals surface area contributed by atoms with E-state index in [4.69, 9.17) is 9.47 Å². The molecule has 1 saturated heterocycles. The number of aryl methyl sites for hydroxylation is 2. The third-order valence-corrected chi connectivity index (χ3v) is 14.7. The third kappa shape index (κ3) is 8.17. The van der Waals surface area contributed by atoms with Gasteiger partial charge < -0.3 is 24.9 Å². The fourth-order valence-electron chi connectivity index (χ4n) is 8.69. The highest BCUT2D eigenvalue weighted by molar-refractivity contribution is 7.91. The smallest absolute Gasteiger partial charge is 0.416 e. The number of rotatable bonds is 7. The van der Waals surface area contributed by atoms with Crippen LogP contribution >= 0.6 is 0 Å². The highest BCUT2D eigenvalue weighted by Crippen LogP contribution is 2.49. The van der Waals surface area contributed by atoms with E-state index in [1.54, 1.807) is 18.7 Å². The van der Waals surface area contributed by atoms with Gasteiger partial charge in [0.15, 0.2) is 0 Å². The Bertz CT molecular complexity index is 2140. The van der Waals surface area contributed by atoms with Gasteiger partial charge in [0.05, 0.1) is 34.2 Å². The van der Waals surface area contributed by atoms with Crippen LogP contribution in [-0.4, -0.2) is 89.7 Å². The fraction of sp³-hybridized carbons (Fsp3) is 0.634. The van der Waals surface area contributed by atoms with Gasteiger partial charge in [-0.3, -0.25) is 19.2 Å². The number of aldehydes is 1. The number of halogens is 3. The Hall–Kier alpha value is -4.25. The number of nitrogens with one attached hydrogen (secondary N) is 3. The van der Waals surface area contributed by atoms with Crippen molar-refractivity contribution in [2.24, 2.45) is 11.8 Å². The molecule has 3 N–H and O–H groups in total. The number of carbonyl (C=O) groups excluding carboxylic acids is 4. The van der Waals surface area contributed by atoms with Gasteiger partial charge in [-0.05, 0) is 89.3 Å². The fourth-order valence-corrected chi connectivity index (χ4v) is 10.0. The van der Waals surface area contributed by atoms with E-state index in [1.165, 1.54) is 6.07 Å². The Labute approximate surface area is 336 Å². The van der Waals surface area contributed by atoms with Crippen LogP contribution < -0.4 is 20.1 Å². The maximum absolute atomic E-state index is 14.7. The van der Waals surface area contributed by atoms with Crippen LogP contribution in [0.25, 0.3) is 10.9 Å². The molecule has 2 aliphatic carbocycles. The topological polar surface area (TPSA) is 173 Å². The predicted molar refractivity (Wildman–Crippen MR) is 207 cm³/mol. The Balaban J connectivity index is 1.25. The molecule has 3 amide bonds. The summed E-state index contributed by atoms with van der Waals surface area (Å²) in [5, 5.41) is 6.06. The average Bonchev–Trinajstić information content (AvgIpc) is 4.05. The summed E-state index contributed by atoms with van der Waals surface area (Å²) in [5.74, 6) is -1.53. The molecule has 58 heavy (non-hydrogen) atoms. The first-order valence-corrected chi connectivity index (χ1v) is 21.6. The van der Waals surface area contributed by atoms with E-state index < -0.39 is 73.1 Å². The molecule has 1 aromatic carbocycles. The summed E-state index contributed by atoms with van der Waals surface area (Å²) in [6, 6.07) is 2.38. The van der Waals surface area contributed by atoms with E-state index in [0.29, 0.717) is 79.1 Å². The minimum Gasteiger partial charge on any atom is -0.484 e. The normalized spacial score (nSPS) is 30.4. The van der Waals surface area contributed by atoms with Gasteiger partial charge in [0.25, 0.3) is 5.91 Å². The Morgan fingerprint density at radius 1 is 1.12 bits per heavy atom. The number of allylic oxidation sites excluding steroid dienone is 1. The number of carbonyl (C=O) groups is 4. The molecule has 2 saturated carbocycles. The van der Waals surface area contributed by atoms with E-state index in [1.807, 2.05) is 26.0 Å². The summed E-state index contributed by atoms with van der Waals surface area (Å²) in [7, 11) is -4.03. The molecule has 3 aliphatic heterocycles. The highest BCUT2D eigenvalue weighted by atomic mass is 32.2. The lowest BCUT2D eigenvalue weighted by atomic mass is 9.87. The van der Waals surface area contributed by atoms with Gasteiger partial charge in [-0.1, -0.05) is 38.8 Å². The molecular weight excluding hydrogens is 780 g/mol. The maximum Gasteiger partial charge on any atom is 0.416 e.